The van der Waals surface area contributed by atoms with Crippen molar-refractivity contribution in [3.63, 3.8) is 0 Å². The summed E-state index contributed by atoms with van der Waals surface area (Å²) >= 11 is 0. The van der Waals surface area contributed by atoms with Gasteiger partial charge in [0.25, 0.3) is 0 Å². The van der Waals surface area contributed by atoms with Crippen molar-refractivity contribution < 1.29 is 4.79 Å². The Labute approximate surface area is 85.8 Å². The van der Waals surface area contributed by atoms with Gasteiger partial charge in [-0.15, -0.1) is 0 Å². The Balaban J connectivity index is 2.03. The molecule has 1 amide bonds. The van der Waals surface area contributed by atoms with Crippen LogP contribution in [0.4, 0.5) is 0 Å². The molecule has 0 radical (unpaired) electrons. The predicted octanol–water partition coefficient (Wildman–Crippen LogP) is 1.34. The van der Waals surface area contributed by atoms with Gasteiger partial charge in [-0.05, 0) is 25.7 Å². The number of hydrogen-bond donors (Lipinski definition) is 1. The minimum Gasteiger partial charge on any atom is -0.325 e. The Kier molecular flexibility index (Phi) is 2.77. The van der Waals surface area contributed by atoms with Gasteiger partial charge in [0.15, 0.2) is 0 Å². The molecule has 1 heterocycles. The topological polar surface area (TPSA) is 32.3 Å². The first kappa shape index (κ1) is 9.97. The number of nitrogens with one attached hydrogen (secondary N) is 1. The molecule has 2 aliphatic rings. The van der Waals surface area contributed by atoms with Crippen LogP contribution in [0.2, 0.25) is 0 Å². The smallest absolute Gasteiger partial charge is 0.240 e. The third-order valence-electron chi connectivity index (χ3n) is 3.69. The Morgan fingerprint density at radius 2 is 2.00 bits per heavy atom. The van der Waals surface area contributed by atoms with Crippen molar-refractivity contribution in [1.29, 1.82) is 0 Å². The molecule has 14 heavy (non-hydrogen) atoms. The molecular weight excluding hydrogens is 176 g/mol. The van der Waals surface area contributed by atoms with E-state index in [0.29, 0.717) is 17.9 Å². The van der Waals surface area contributed by atoms with Gasteiger partial charge in [-0.3, -0.25) is 10.1 Å². The van der Waals surface area contributed by atoms with E-state index in [2.05, 4.69) is 17.1 Å². The van der Waals surface area contributed by atoms with Gasteiger partial charge in [0.2, 0.25) is 5.91 Å². The van der Waals surface area contributed by atoms with Gasteiger partial charge in [-0.25, -0.2) is 0 Å². The number of carbonyl (C=O) groups is 1. The SMILES string of the molecule is CC1NCN(C2CCCCC2C)C1=O. The highest BCUT2D eigenvalue weighted by Crippen LogP contribution is 2.29. The lowest BCUT2D eigenvalue weighted by Crippen LogP contribution is -2.43. The Morgan fingerprint density at radius 3 is 2.57 bits per heavy atom. The van der Waals surface area contributed by atoms with Crippen molar-refractivity contribution in [2.75, 3.05) is 6.67 Å². The number of nitrogens with zero attached hydrogens (tertiary/aromatic N) is 1. The van der Waals surface area contributed by atoms with Crippen molar-refractivity contribution in [2.45, 2.75) is 51.6 Å². The lowest BCUT2D eigenvalue weighted by molar-refractivity contribution is -0.132. The summed E-state index contributed by atoms with van der Waals surface area (Å²) in [4.78, 5) is 13.9. The summed E-state index contributed by atoms with van der Waals surface area (Å²) in [6.45, 7) is 4.99. The quantitative estimate of drug-likeness (QED) is 0.686. The second-order valence-electron chi connectivity index (χ2n) is 4.72. The molecular formula is C11H20N2O. The normalized spacial score (nSPS) is 39.1. The van der Waals surface area contributed by atoms with Gasteiger partial charge in [0.05, 0.1) is 12.7 Å². The number of amides is 1. The van der Waals surface area contributed by atoms with E-state index in [-0.39, 0.29) is 6.04 Å². The first-order valence-corrected chi connectivity index (χ1v) is 5.74. The minimum atomic E-state index is 0.0316. The van der Waals surface area contributed by atoms with E-state index >= 15 is 0 Å². The van der Waals surface area contributed by atoms with E-state index in [1.807, 2.05) is 6.92 Å². The van der Waals surface area contributed by atoms with Gasteiger partial charge in [0, 0.05) is 6.04 Å². The van der Waals surface area contributed by atoms with Crippen LogP contribution in [0.15, 0.2) is 0 Å². The monoisotopic (exact) mass is 196 g/mol. The highest BCUT2D eigenvalue weighted by Gasteiger charge is 2.36. The molecule has 1 saturated carbocycles. The highest BCUT2D eigenvalue weighted by molar-refractivity contribution is 5.83. The molecule has 2 rings (SSSR count). The fourth-order valence-electron chi connectivity index (χ4n) is 2.69. The molecule has 0 aromatic rings. The highest BCUT2D eigenvalue weighted by atomic mass is 16.2. The molecule has 2 fully saturated rings. The zero-order valence-electron chi connectivity index (χ0n) is 9.12. The molecule has 0 spiro atoms. The Morgan fingerprint density at radius 1 is 1.29 bits per heavy atom. The summed E-state index contributed by atoms with van der Waals surface area (Å²) in [5.74, 6) is 0.976. The standard InChI is InChI=1S/C11H20N2O/c1-8-5-3-4-6-10(8)13-7-12-9(2)11(13)14/h8-10,12H,3-7H2,1-2H3. The zero-order chi connectivity index (χ0) is 10.1. The Bertz CT molecular complexity index is 229. The summed E-state index contributed by atoms with van der Waals surface area (Å²) in [7, 11) is 0. The summed E-state index contributed by atoms with van der Waals surface area (Å²) < 4.78 is 0. The molecule has 1 N–H and O–H groups in total. The second kappa shape index (κ2) is 3.89. The van der Waals surface area contributed by atoms with E-state index in [1.54, 1.807) is 0 Å². The molecule has 3 nitrogen and oxygen atoms in total. The van der Waals surface area contributed by atoms with E-state index in [4.69, 9.17) is 0 Å². The molecule has 3 atom stereocenters. The molecule has 0 aromatic heterocycles. The van der Waals surface area contributed by atoms with Crippen LogP contribution in [0.1, 0.15) is 39.5 Å². The average molecular weight is 196 g/mol. The summed E-state index contributed by atoms with van der Waals surface area (Å²) in [5, 5.41) is 3.21. The van der Waals surface area contributed by atoms with Crippen LogP contribution >= 0.6 is 0 Å². The minimum absolute atomic E-state index is 0.0316. The van der Waals surface area contributed by atoms with Crippen molar-refractivity contribution in [3.8, 4) is 0 Å². The predicted molar refractivity (Wildman–Crippen MR) is 55.7 cm³/mol. The molecule has 0 aromatic carbocycles. The average Bonchev–Trinajstić information content (AvgIpc) is 2.49. The number of hydrogen-bond acceptors (Lipinski definition) is 2. The molecule has 1 saturated heterocycles. The van der Waals surface area contributed by atoms with Crippen molar-refractivity contribution in [1.82, 2.24) is 10.2 Å². The van der Waals surface area contributed by atoms with Crippen LogP contribution in [-0.4, -0.2) is 29.6 Å². The van der Waals surface area contributed by atoms with Crippen LogP contribution in [0.3, 0.4) is 0 Å². The van der Waals surface area contributed by atoms with Crippen LogP contribution < -0.4 is 5.32 Å². The third-order valence-corrected chi connectivity index (χ3v) is 3.69. The van der Waals surface area contributed by atoms with E-state index < -0.39 is 0 Å². The lowest BCUT2D eigenvalue weighted by atomic mass is 9.85. The van der Waals surface area contributed by atoms with E-state index in [1.165, 1.54) is 25.7 Å². The van der Waals surface area contributed by atoms with Crippen LogP contribution in [-0.2, 0) is 4.79 Å². The second-order valence-corrected chi connectivity index (χ2v) is 4.72. The fourth-order valence-corrected chi connectivity index (χ4v) is 2.69. The number of carbonyl (C=O) groups excluding carboxylic acids is 1. The van der Waals surface area contributed by atoms with Gasteiger partial charge in [0.1, 0.15) is 0 Å². The first-order chi connectivity index (χ1) is 6.70. The zero-order valence-corrected chi connectivity index (χ0v) is 9.12. The van der Waals surface area contributed by atoms with Crippen molar-refractivity contribution in [2.24, 2.45) is 5.92 Å². The van der Waals surface area contributed by atoms with Gasteiger partial charge < -0.3 is 4.90 Å². The van der Waals surface area contributed by atoms with E-state index in [0.717, 1.165) is 6.67 Å². The maximum absolute atomic E-state index is 11.8. The number of rotatable bonds is 1. The first-order valence-electron chi connectivity index (χ1n) is 5.74. The van der Waals surface area contributed by atoms with Crippen molar-refractivity contribution >= 4 is 5.91 Å². The fraction of sp³-hybridized carbons (Fsp3) is 0.909. The molecule has 1 aliphatic heterocycles. The van der Waals surface area contributed by atoms with Gasteiger partial charge in [-0.2, -0.15) is 0 Å². The van der Waals surface area contributed by atoms with Crippen molar-refractivity contribution in [3.05, 3.63) is 0 Å². The lowest BCUT2D eigenvalue weighted by Gasteiger charge is -2.35. The van der Waals surface area contributed by atoms with Gasteiger partial charge in [-0.1, -0.05) is 19.8 Å². The largest absolute Gasteiger partial charge is 0.325 e. The van der Waals surface area contributed by atoms with Crippen LogP contribution in [0.5, 0.6) is 0 Å². The summed E-state index contributed by atoms with van der Waals surface area (Å²) in [6, 6.07) is 0.526. The summed E-state index contributed by atoms with van der Waals surface area (Å²) in [6.07, 6.45) is 5.10. The van der Waals surface area contributed by atoms with E-state index in [9.17, 15) is 4.79 Å². The molecule has 80 valence electrons. The van der Waals surface area contributed by atoms with Crippen LogP contribution in [0, 0.1) is 5.92 Å². The van der Waals surface area contributed by atoms with Gasteiger partial charge >= 0.3 is 0 Å². The van der Waals surface area contributed by atoms with Crippen LogP contribution in [0.25, 0.3) is 0 Å². The molecule has 1 aliphatic carbocycles. The third kappa shape index (κ3) is 1.65. The maximum atomic E-state index is 11.8. The molecule has 3 unspecified atom stereocenters. The summed E-state index contributed by atoms with van der Waals surface area (Å²) in [5.41, 5.74) is 0. The Hall–Kier alpha value is -0.570. The maximum Gasteiger partial charge on any atom is 0.240 e. The molecule has 3 heteroatoms. The molecule has 0 bridgehead atoms.